The number of carbonyl (C=O) groups excluding carboxylic acids is 1. The Balaban J connectivity index is 2.03. The van der Waals surface area contributed by atoms with Gasteiger partial charge in [0.15, 0.2) is 0 Å². The fourth-order valence-electron chi connectivity index (χ4n) is 2.57. The van der Waals surface area contributed by atoms with Crippen molar-refractivity contribution in [2.45, 2.75) is 6.42 Å². The van der Waals surface area contributed by atoms with E-state index in [-0.39, 0.29) is 12.5 Å². The molecule has 118 valence electrons. The summed E-state index contributed by atoms with van der Waals surface area (Å²) < 4.78 is 6.96. The van der Waals surface area contributed by atoms with E-state index >= 15 is 0 Å². The number of anilines is 1. The van der Waals surface area contributed by atoms with Crippen LogP contribution in [0.3, 0.4) is 0 Å². The normalized spacial score (nSPS) is 15.2. The molecule has 2 aromatic rings. The molecule has 1 aromatic heterocycles. The Morgan fingerprint density at radius 3 is 2.96 bits per heavy atom. The van der Waals surface area contributed by atoms with Crippen LogP contribution >= 0.6 is 0 Å². The van der Waals surface area contributed by atoms with Crippen molar-refractivity contribution in [1.29, 1.82) is 0 Å². The molecule has 2 N–H and O–H groups in total. The van der Waals surface area contributed by atoms with Gasteiger partial charge in [-0.2, -0.15) is 0 Å². The van der Waals surface area contributed by atoms with Crippen LogP contribution in [-0.2, 0) is 4.79 Å². The van der Waals surface area contributed by atoms with Gasteiger partial charge in [-0.1, -0.05) is 24.3 Å². The number of aliphatic hydroxyl groups excluding tert-OH is 1. The number of benzene rings is 1. The fraction of sp³-hybridized carbons (Fsp3) is 0.167. The Labute approximate surface area is 134 Å². The lowest BCUT2D eigenvalue weighted by Crippen LogP contribution is -2.04. The first-order chi connectivity index (χ1) is 11.2. The molecule has 0 fully saturated rings. The molecule has 5 heteroatoms. The summed E-state index contributed by atoms with van der Waals surface area (Å²) in [5.41, 5.74) is 3.22. The maximum absolute atomic E-state index is 12.3. The zero-order chi connectivity index (χ0) is 16.2. The van der Waals surface area contributed by atoms with Crippen LogP contribution in [0.2, 0.25) is 0 Å². The molecule has 23 heavy (non-hydrogen) atoms. The van der Waals surface area contributed by atoms with Crippen LogP contribution in [0.5, 0.6) is 5.75 Å². The number of aliphatic hydroxyl groups is 1. The number of rotatable bonds is 5. The van der Waals surface area contributed by atoms with Gasteiger partial charge in [0.1, 0.15) is 5.75 Å². The van der Waals surface area contributed by atoms with E-state index in [1.807, 2.05) is 48.8 Å². The van der Waals surface area contributed by atoms with Gasteiger partial charge >= 0.3 is 0 Å². The van der Waals surface area contributed by atoms with Gasteiger partial charge in [0, 0.05) is 30.3 Å². The van der Waals surface area contributed by atoms with Crippen LogP contribution in [0, 0.1) is 0 Å². The van der Waals surface area contributed by atoms with E-state index < -0.39 is 0 Å². The minimum atomic E-state index is -0.129. The highest BCUT2D eigenvalue weighted by molar-refractivity contribution is 6.34. The van der Waals surface area contributed by atoms with Gasteiger partial charge in [-0.3, -0.25) is 4.79 Å². The number of hydrogen-bond donors (Lipinski definition) is 2. The van der Waals surface area contributed by atoms with Crippen LogP contribution in [0.1, 0.15) is 17.5 Å². The standard InChI is InChI=1S/C18H18N2O3/c1-23-14-8-9-20(11-14)12-15-17-13(5-2-3-10-21)6-4-7-16(17)19-18(15)22/h2,4-9,11-12,21H,3,10H2,1H3,(H,19,22). The first kappa shape index (κ1) is 15.1. The molecule has 0 saturated heterocycles. The summed E-state index contributed by atoms with van der Waals surface area (Å²) >= 11 is 0. The van der Waals surface area contributed by atoms with Gasteiger partial charge in [-0.15, -0.1) is 0 Å². The zero-order valence-electron chi connectivity index (χ0n) is 12.8. The molecule has 0 radical (unpaired) electrons. The maximum atomic E-state index is 12.3. The average Bonchev–Trinajstić information content (AvgIpc) is 3.13. The number of hydrogen-bond acceptors (Lipinski definition) is 3. The molecule has 0 aliphatic carbocycles. The molecule has 1 aromatic carbocycles. The summed E-state index contributed by atoms with van der Waals surface area (Å²) in [7, 11) is 1.61. The molecular formula is C18H18N2O3. The van der Waals surface area contributed by atoms with Crippen LogP contribution in [0.4, 0.5) is 5.69 Å². The third kappa shape index (κ3) is 3.05. The highest BCUT2D eigenvalue weighted by Gasteiger charge is 2.26. The number of methoxy groups -OCH3 is 1. The van der Waals surface area contributed by atoms with Gasteiger partial charge in [0.25, 0.3) is 5.91 Å². The van der Waals surface area contributed by atoms with Crippen LogP contribution in [0.15, 0.2) is 42.7 Å². The molecule has 0 unspecified atom stereocenters. The number of carbonyl (C=O) groups is 1. The van der Waals surface area contributed by atoms with Crippen LogP contribution < -0.4 is 10.1 Å². The molecule has 3 rings (SSSR count). The number of aromatic nitrogens is 1. The fourth-order valence-corrected chi connectivity index (χ4v) is 2.57. The van der Waals surface area contributed by atoms with Gasteiger partial charge in [0.05, 0.1) is 18.9 Å². The second kappa shape index (κ2) is 6.54. The van der Waals surface area contributed by atoms with Crippen molar-refractivity contribution in [3.8, 4) is 5.75 Å². The molecular weight excluding hydrogens is 292 g/mol. The number of nitrogens with one attached hydrogen (secondary N) is 1. The minimum Gasteiger partial charge on any atom is -0.495 e. The Bertz CT molecular complexity index is 787. The van der Waals surface area contributed by atoms with Gasteiger partial charge < -0.3 is 19.7 Å². The smallest absolute Gasteiger partial charge is 0.257 e. The average molecular weight is 310 g/mol. The Kier molecular flexibility index (Phi) is 4.30. The second-order valence-electron chi connectivity index (χ2n) is 5.18. The molecule has 1 amide bonds. The predicted octanol–water partition coefficient (Wildman–Crippen LogP) is 2.84. The highest BCUT2D eigenvalue weighted by atomic mass is 16.5. The van der Waals surface area contributed by atoms with Crippen LogP contribution in [-0.4, -0.2) is 29.3 Å². The number of fused-ring (bicyclic) bond motifs is 1. The summed E-state index contributed by atoms with van der Waals surface area (Å²) in [6.45, 7) is 0.106. The molecule has 2 heterocycles. The maximum Gasteiger partial charge on any atom is 0.257 e. The molecule has 0 spiro atoms. The van der Waals surface area contributed by atoms with Crippen molar-refractivity contribution in [3.63, 3.8) is 0 Å². The Morgan fingerprint density at radius 2 is 2.22 bits per heavy atom. The first-order valence-electron chi connectivity index (χ1n) is 7.38. The van der Waals surface area contributed by atoms with Crippen LogP contribution in [0.25, 0.3) is 17.8 Å². The Hall–Kier alpha value is -2.79. The third-order valence-corrected chi connectivity index (χ3v) is 3.65. The molecule has 0 bridgehead atoms. The summed E-state index contributed by atoms with van der Waals surface area (Å²) in [4.78, 5) is 12.3. The van der Waals surface area contributed by atoms with E-state index in [4.69, 9.17) is 9.84 Å². The highest BCUT2D eigenvalue weighted by Crippen LogP contribution is 2.35. The lowest BCUT2D eigenvalue weighted by Gasteiger charge is -2.04. The monoisotopic (exact) mass is 310 g/mol. The SMILES string of the molecule is COc1ccn(C=C2C(=O)Nc3cccc(C=CCCO)c32)c1. The minimum absolute atomic E-state index is 0.106. The van der Waals surface area contributed by atoms with E-state index in [1.165, 1.54) is 0 Å². The molecule has 1 aliphatic heterocycles. The van der Waals surface area contributed by atoms with E-state index in [9.17, 15) is 4.79 Å². The van der Waals surface area contributed by atoms with Gasteiger partial charge in [0.2, 0.25) is 0 Å². The lowest BCUT2D eigenvalue weighted by molar-refractivity contribution is -0.110. The van der Waals surface area contributed by atoms with Gasteiger partial charge in [-0.05, 0) is 24.1 Å². The van der Waals surface area contributed by atoms with Crippen molar-refractivity contribution >= 4 is 29.4 Å². The number of nitrogens with zero attached hydrogens (tertiary/aromatic N) is 1. The zero-order valence-corrected chi connectivity index (χ0v) is 12.8. The first-order valence-corrected chi connectivity index (χ1v) is 7.38. The van der Waals surface area contributed by atoms with E-state index in [2.05, 4.69) is 5.32 Å². The molecule has 5 nitrogen and oxygen atoms in total. The van der Waals surface area contributed by atoms with Crippen molar-refractivity contribution in [2.24, 2.45) is 0 Å². The summed E-state index contributed by atoms with van der Waals surface area (Å²) in [5.74, 6) is 0.604. The second-order valence-corrected chi connectivity index (χ2v) is 5.18. The lowest BCUT2D eigenvalue weighted by atomic mass is 10.0. The third-order valence-electron chi connectivity index (χ3n) is 3.65. The van der Waals surface area contributed by atoms with E-state index in [1.54, 1.807) is 17.9 Å². The number of amides is 1. The largest absolute Gasteiger partial charge is 0.495 e. The summed E-state index contributed by atoms with van der Waals surface area (Å²) in [5, 5.41) is 11.8. The molecule has 0 atom stereocenters. The Morgan fingerprint density at radius 1 is 1.35 bits per heavy atom. The summed E-state index contributed by atoms with van der Waals surface area (Å²) in [6.07, 6.45) is 9.84. The van der Waals surface area contributed by atoms with Crippen molar-refractivity contribution < 1.29 is 14.6 Å². The van der Waals surface area contributed by atoms with Crippen molar-refractivity contribution in [3.05, 3.63) is 53.9 Å². The van der Waals surface area contributed by atoms with Crippen molar-refractivity contribution in [1.82, 2.24) is 4.57 Å². The molecule has 0 saturated carbocycles. The van der Waals surface area contributed by atoms with Crippen molar-refractivity contribution in [2.75, 3.05) is 19.0 Å². The van der Waals surface area contributed by atoms with E-state index in [0.29, 0.717) is 12.0 Å². The predicted molar refractivity (Wildman–Crippen MR) is 91.0 cm³/mol. The topological polar surface area (TPSA) is 63.5 Å². The molecule has 1 aliphatic rings. The quantitative estimate of drug-likeness (QED) is 0.835. The van der Waals surface area contributed by atoms with E-state index in [0.717, 1.165) is 22.6 Å². The summed E-state index contributed by atoms with van der Waals surface area (Å²) in [6, 6.07) is 7.57. The van der Waals surface area contributed by atoms with Gasteiger partial charge in [-0.25, -0.2) is 0 Å². The number of ether oxygens (including phenoxy) is 1.